The molecule has 2 aliphatic rings. The molecule has 2 atom stereocenters. The van der Waals surface area contributed by atoms with Crippen LogP contribution in [0, 0.1) is 5.82 Å². The molecule has 0 radical (unpaired) electrons. The van der Waals surface area contributed by atoms with Crippen LogP contribution in [0.25, 0.3) is 0 Å². The zero-order chi connectivity index (χ0) is 14.1. The molecule has 1 N–H and O–H groups in total. The van der Waals surface area contributed by atoms with Gasteiger partial charge in [-0.15, -0.1) is 0 Å². The quantitative estimate of drug-likeness (QED) is 0.907. The number of piperidine rings is 2. The van der Waals surface area contributed by atoms with Gasteiger partial charge in [-0.25, -0.2) is 4.39 Å². The number of benzene rings is 1. The first-order chi connectivity index (χ1) is 9.69. The molecule has 2 aliphatic heterocycles. The normalized spacial score (nSPS) is 29.6. The van der Waals surface area contributed by atoms with Crippen molar-refractivity contribution in [3.63, 3.8) is 0 Å². The molecule has 2 unspecified atom stereocenters. The molecule has 2 heterocycles. The third-order valence-electron chi connectivity index (χ3n) is 4.66. The molecule has 0 spiro atoms. The fraction of sp³-hybridized carbons (Fsp3) is 0.625. The van der Waals surface area contributed by atoms with E-state index in [0.717, 1.165) is 25.1 Å². The van der Waals surface area contributed by atoms with Crippen LogP contribution in [0.15, 0.2) is 18.2 Å². The Balaban J connectivity index is 1.86. The summed E-state index contributed by atoms with van der Waals surface area (Å²) >= 11 is 5.87. The predicted molar refractivity (Wildman–Crippen MR) is 82.0 cm³/mol. The average Bonchev–Trinajstić information content (AvgIpc) is 2.39. The van der Waals surface area contributed by atoms with Gasteiger partial charge in [0.05, 0.1) is 5.69 Å². The summed E-state index contributed by atoms with van der Waals surface area (Å²) in [5, 5.41) is 4.04. The van der Waals surface area contributed by atoms with Gasteiger partial charge in [0.15, 0.2) is 0 Å². The molecular weight excluding hydrogens is 275 g/mol. The number of halogens is 2. The molecule has 0 aliphatic carbocycles. The molecule has 20 heavy (non-hydrogen) atoms. The number of hydrogen-bond donors (Lipinski definition) is 1. The lowest BCUT2D eigenvalue weighted by atomic mass is 9.81. The summed E-state index contributed by atoms with van der Waals surface area (Å²) in [4.78, 5) is 2.32. The van der Waals surface area contributed by atoms with Crippen LogP contribution in [0.4, 0.5) is 10.1 Å². The molecule has 2 nitrogen and oxygen atoms in total. The van der Waals surface area contributed by atoms with E-state index in [4.69, 9.17) is 11.6 Å². The van der Waals surface area contributed by atoms with Crippen molar-refractivity contribution in [3.8, 4) is 0 Å². The maximum absolute atomic E-state index is 14.2. The number of nitrogens with zero attached hydrogens (tertiary/aromatic N) is 1. The van der Waals surface area contributed by atoms with Crippen molar-refractivity contribution < 1.29 is 4.39 Å². The Morgan fingerprint density at radius 3 is 2.60 bits per heavy atom. The van der Waals surface area contributed by atoms with Gasteiger partial charge in [0, 0.05) is 23.1 Å². The highest BCUT2D eigenvalue weighted by Crippen LogP contribution is 2.39. The lowest BCUT2D eigenvalue weighted by Crippen LogP contribution is -2.56. The van der Waals surface area contributed by atoms with Crippen molar-refractivity contribution in [2.75, 3.05) is 11.4 Å². The Bertz CT molecular complexity index is 466. The molecule has 2 saturated heterocycles. The van der Waals surface area contributed by atoms with E-state index in [2.05, 4.69) is 17.1 Å². The minimum Gasteiger partial charge on any atom is -0.363 e. The first-order valence-corrected chi connectivity index (χ1v) is 8.03. The fourth-order valence-corrected chi connectivity index (χ4v) is 4.08. The van der Waals surface area contributed by atoms with Crippen LogP contribution in [-0.4, -0.2) is 24.7 Å². The maximum Gasteiger partial charge on any atom is 0.147 e. The molecule has 2 fully saturated rings. The Morgan fingerprint density at radius 2 is 2.00 bits per heavy atom. The van der Waals surface area contributed by atoms with E-state index in [1.54, 1.807) is 6.07 Å². The van der Waals surface area contributed by atoms with Crippen LogP contribution in [-0.2, 0) is 0 Å². The van der Waals surface area contributed by atoms with Crippen molar-refractivity contribution in [1.82, 2.24) is 5.32 Å². The van der Waals surface area contributed by atoms with Crippen LogP contribution < -0.4 is 10.2 Å². The summed E-state index contributed by atoms with van der Waals surface area (Å²) in [5.74, 6) is -0.184. The van der Waals surface area contributed by atoms with E-state index < -0.39 is 0 Å². The summed E-state index contributed by atoms with van der Waals surface area (Å²) in [6.45, 7) is 3.17. The highest BCUT2D eigenvalue weighted by atomic mass is 35.5. The Hall–Kier alpha value is -0.800. The topological polar surface area (TPSA) is 15.3 Å². The number of fused-ring (bicyclic) bond motifs is 2. The molecule has 1 aromatic carbocycles. The molecule has 4 heteroatoms. The van der Waals surface area contributed by atoms with Crippen LogP contribution in [0.2, 0.25) is 5.02 Å². The molecule has 0 aromatic heterocycles. The Labute approximate surface area is 125 Å². The largest absolute Gasteiger partial charge is 0.363 e. The molecule has 0 amide bonds. The van der Waals surface area contributed by atoms with Crippen molar-refractivity contribution >= 4 is 17.3 Å². The highest BCUT2D eigenvalue weighted by Gasteiger charge is 2.38. The maximum atomic E-state index is 14.2. The van der Waals surface area contributed by atoms with Gasteiger partial charge in [-0.2, -0.15) is 0 Å². The fourth-order valence-electron chi connectivity index (χ4n) is 3.92. The van der Waals surface area contributed by atoms with Crippen LogP contribution in [0.1, 0.15) is 39.0 Å². The minimum atomic E-state index is -0.184. The zero-order valence-corrected chi connectivity index (χ0v) is 12.7. The highest BCUT2D eigenvalue weighted by molar-refractivity contribution is 6.30. The van der Waals surface area contributed by atoms with Gasteiger partial charge in [0.1, 0.15) is 5.82 Å². The predicted octanol–water partition coefficient (Wildman–Crippen LogP) is 3.98. The van der Waals surface area contributed by atoms with E-state index in [9.17, 15) is 4.39 Å². The van der Waals surface area contributed by atoms with Crippen LogP contribution >= 0.6 is 11.6 Å². The van der Waals surface area contributed by atoms with Gasteiger partial charge < -0.3 is 10.2 Å². The summed E-state index contributed by atoms with van der Waals surface area (Å²) in [5.41, 5.74) is 0.735. The summed E-state index contributed by atoms with van der Waals surface area (Å²) in [6, 6.07) is 6.58. The van der Waals surface area contributed by atoms with E-state index in [0.29, 0.717) is 23.1 Å². The number of anilines is 1. The van der Waals surface area contributed by atoms with E-state index in [1.165, 1.54) is 25.3 Å². The third kappa shape index (κ3) is 2.66. The summed E-state index contributed by atoms with van der Waals surface area (Å²) < 4.78 is 14.2. The summed E-state index contributed by atoms with van der Waals surface area (Å²) in [7, 11) is 0. The van der Waals surface area contributed by atoms with E-state index >= 15 is 0 Å². The first kappa shape index (κ1) is 14.2. The number of rotatable bonds is 3. The second kappa shape index (κ2) is 5.90. The second-order valence-electron chi connectivity index (χ2n) is 5.97. The lowest BCUT2D eigenvalue weighted by Gasteiger charge is -2.50. The van der Waals surface area contributed by atoms with Gasteiger partial charge in [-0.05, 0) is 56.8 Å². The van der Waals surface area contributed by atoms with Crippen molar-refractivity contribution in [2.24, 2.45) is 0 Å². The van der Waals surface area contributed by atoms with Gasteiger partial charge in [0.2, 0.25) is 0 Å². The van der Waals surface area contributed by atoms with Crippen LogP contribution in [0.5, 0.6) is 0 Å². The zero-order valence-electron chi connectivity index (χ0n) is 11.9. The summed E-state index contributed by atoms with van der Waals surface area (Å²) in [6.07, 6.45) is 5.83. The number of nitrogens with one attached hydrogen (secondary N) is 1. The SMILES string of the molecule is CCNC1CC2CCCC(C1)N2c1ccc(Cl)cc1F. The minimum absolute atomic E-state index is 0.184. The monoisotopic (exact) mass is 296 g/mol. The number of hydrogen-bond acceptors (Lipinski definition) is 2. The Morgan fingerprint density at radius 1 is 1.30 bits per heavy atom. The van der Waals surface area contributed by atoms with E-state index in [1.807, 2.05) is 6.07 Å². The van der Waals surface area contributed by atoms with Gasteiger partial charge >= 0.3 is 0 Å². The smallest absolute Gasteiger partial charge is 0.147 e. The molecular formula is C16H22ClFN2. The van der Waals surface area contributed by atoms with Gasteiger partial charge in [0.25, 0.3) is 0 Å². The van der Waals surface area contributed by atoms with Crippen molar-refractivity contribution in [3.05, 3.63) is 29.0 Å². The van der Waals surface area contributed by atoms with Gasteiger partial charge in [-0.1, -0.05) is 18.5 Å². The Kier molecular flexibility index (Phi) is 4.18. The van der Waals surface area contributed by atoms with E-state index in [-0.39, 0.29) is 5.82 Å². The molecule has 3 rings (SSSR count). The third-order valence-corrected chi connectivity index (χ3v) is 4.89. The van der Waals surface area contributed by atoms with Crippen molar-refractivity contribution in [2.45, 2.75) is 57.2 Å². The molecule has 110 valence electrons. The standard InChI is InChI=1S/C16H22ClFN2/c1-2-19-12-9-13-4-3-5-14(10-12)20(13)16-7-6-11(17)8-15(16)18/h6-8,12-14,19H,2-5,9-10H2,1H3. The average molecular weight is 297 g/mol. The first-order valence-electron chi connectivity index (χ1n) is 7.65. The molecule has 1 aromatic rings. The lowest BCUT2D eigenvalue weighted by molar-refractivity contribution is 0.246. The molecule has 0 saturated carbocycles. The van der Waals surface area contributed by atoms with Crippen LogP contribution in [0.3, 0.4) is 0 Å². The molecule has 2 bridgehead atoms. The van der Waals surface area contributed by atoms with Crippen molar-refractivity contribution in [1.29, 1.82) is 0 Å². The van der Waals surface area contributed by atoms with Gasteiger partial charge in [-0.3, -0.25) is 0 Å². The second-order valence-corrected chi connectivity index (χ2v) is 6.40.